The van der Waals surface area contributed by atoms with E-state index in [1.807, 2.05) is 36.4 Å². The first-order valence-electron chi connectivity index (χ1n) is 5.85. The molecule has 92 valence electrons. The average Bonchev–Trinajstić information content (AvgIpc) is 2.91. The van der Waals surface area contributed by atoms with E-state index in [9.17, 15) is 9.90 Å². The molecule has 1 N–H and O–H groups in total. The van der Waals surface area contributed by atoms with Crippen LogP contribution in [0, 0.1) is 5.92 Å². The van der Waals surface area contributed by atoms with Crippen LogP contribution in [0.2, 0.25) is 0 Å². The quantitative estimate of drug-likeness (QED) is 0.838. The summed E-state index contributed by atoms with van der Waals surface area (Å²) in [5.74, 6) is 0.235. The van der Waals surface area contributed by atoms with Crippen molar-refractivity contribution >= 4 is 11.6 Å². The Labute approximate surface area is 104 Å². The predicted octanol–water partition coefficient (Wildman–Crippen LogP) is 1.98. The number of carbonyl (C=O) groups excluding carboxylic acids is 1. The number of rotatable bonds is 3. The molecule has 4 heteroatoms. The van der Waals surface area contributed by atoms with Gasteiger partial charge in [0.1, 0.15) is 11.8 Å². The molecule has 0 aliphatic carbocycles. The molecule has 0 bridgehead atoms. The Morgan fingerprint density at radius 2 is 1.94 bits per heavy atom. The van der Waals surface area contributed by atoms with Crippen molar-refractivity contribution in [3.63, 3.8) is 0 Å². The highest BCUT2D eigenvalue weighted by molar-refractivity contribution is 6.03. The number of para-hydroxylation sites is 1. The molecular formula is C14H13NO3. The monoisotopic (exact) mass is 243 g/mol. The average molecular weight is 243 g/mol. The highest BCUT2D eigenvalue weighted by Crippen LogP contribution is 2.43. The summed E-state index contributed by atoms with van der Waals surface area (Å²) < 4.78 is 5.36. The fraction of sp³-hybridized carbons (Fsp3) is 0.214. The van der Waals surface area contributed by atoms with Gasteiger partial charge in [-0.15, -0.1) is 0 Å². The van der Waals surface area contributed by atoms with Gasteiger partial charge in [-0.3, -0.25) is 4.79 Å². The van der Waals surface area contributed by atoms with Crippen molar-refractivity contribution in [2.24, 2.45) is 5.92 Å². The zero-order valence-corrected chi connectivity index (χ0v) is 9.69. The Hall–Kier alpha value is -2.07. The maximum atomic E-state index is 12.0. The first kappa shape index (κ1) is 11.0. The van der Waals surface area contributed by atoms with E-state index >= 15 is 0 Å². The minimum Gasteiger partial charge on any atom is -0.467 e. The number of hydrogen-bond acceptors (Lipinski definition) is 3. The highest BCUT2D eigenvalue weighted by atomic mass is 16.3. The SMILES string of the molecule is O=C1[C@@H](CO)[C@H](c2ccco2)N1c1ccccc1. The van der Waals surface area contributed by atoms with Gasteiger partial charge in [0.2, 0.25) is 5.91 Å². The van der Waals surface area contributed by atoms with Crippen LogP contribution in [0.25, 0.3) is 0 Å². The molecule has 0 unspecified atom stereocenters. The summed E-state index contributed by atoms with van der Waals surface area (Å²) >= 11 is 0. The summed E-state index contributed by atoms with van der Waals surface area (Å²) in [6.45, 7) is -0.159. The van der Waals surface area contributed by atoms with Gasteiger partial charge < -0.3 is 14.4 Å². The summed E-state index contributed by atoms with van der Waals surface area (Å²) in [5, 5.41) is 9.30. The number of carbonyl (C=O) groups is 1. The highest BCUT2D eigenvalue weighted by Gasteiger charge is 2.49. The van der Waals surface area contributed by atoms with Gasteiger partial charge in [0, 0.05) is 5.69 Å². The fourth-order valence-corrected chi connectivity index (χ4v) is 2.39. The lowest BCUT2D eigenvalue weighted by Gasteiger charge is -2.45. The fourth-order valence-electron chi connectivity index (χ4n) is 2.39. The molecule has 0 radical (unpaired) electrons. The van der Waals surface area contributed by atoms with Gasteiger partial charge in [0.15, 0.2) is 0 Å². The molecule has 1 aliphatic heterocycles. The minimum atomic E-state index is -0.406. The number of aliphatic hydroxyl groups is 1. The Morgan fingerprint density at radius 3 is 2.56 bits per heavy atom. The number of hydrogen-bond donors (Lipinski definition) is 1. The topological polar surface area (TPSA) is 53.7 Å². The number of aliphatic hydroxyl groups excluding tert-OH is 1. The lowest BCUT2D eigenvalue weighted by atomic mass is 9.85. The largest absolute Gasteiger partial charge is 0.467 e. The van der Waals surface area contributed by atoms with E-state index in [1.165, 1.54) is 0 Å². The van der Waals surface area contributed by atoms with Gasteiger partial charge in [0.05, 0.1) is 18.8 Å². The van der Waals surface area contributed by atoms with E-state index in [0.29, 0.717) is 5.76 Å². The van der Waals surface area contributed by atoms with Crippen molar-refractivity contribution in [3.8, 4) is 0 Å². The zero-order chi connectivity index (χ0) is 12.5. The summed E-state index contributed by atoms with van der Waals surface area (Å²) in [6.07, 6.45) is 1.58. The third kappa shape index (κ3) is 1.54. The molecule has 2 heterocycles. The Balaban J connectivity index is 1.96. The van der Waals surface area contributed by atoms with Gasteiger partial charge in [-0.25, -0.2) is 0 Å². The van der Waals surface area contributed by atoms with Crippen LogP contribution in [0.3, 0.4) is 0 Å². The van der Waals surface area contributed by atoms with Crippen molar-refractivity contribution in [3.05, 3.63) is 54.5 Å². The van der Waals surface area contributed by atoms with Crippen LogP contribution < -0.4 is 4.90 Å². The van der Waals surface area contributed by atoms with E-state index in [-0.39, 0.29) is 18.6 Å². The first-order valence-corrected chi connectivity index (χ1v) is 5.85. The smallest absolute Gasteiger partial charge is 0.235 e. The van der Waals surface area contributed by atoms with Crippen LogP contribution >= 0.6 is 0 Å². The zero-order valence-electron chi connectivity index (χ0n) is 9.69. The van der Waals surface area contributed by atoms with Crippen molar-refractivity contribution in [2.45, 2.75) is 6.04 Å². The second kappa shape index (κ2) is 4.31. The Kier molecular flexibility index (Phi) is 2.64. The minimum absolute atomic E-state index is 0.0647. The molecule has 4 nitrogen and oxygen atoms in total. The molecule has 3 rings (SSSR count). The number of furan rings is 1. The number of amides is 1. The normalized spacial score (nSPS) is 22.9. The van der Waals surface area contributed by atoms with E-state index in [0.717, 1.165) is 5.69 Å². The molecule has 0 saturated carbocycles. The molecule has 1 amide bonds. The third-order valence-corrected chi connectivity index (χ3v) is 3.28. The Morgan fingerprint density at radius 1 is 1.17 bits per heavy atom. The number of nitrogens with zero attached hydrogens (tertiary/aromatic N) is 1. The summed E-state index contributed by atoms with van der Waals surface area (Å²) in [7, 11) is 0. The lowest BCUT2D eigenvalue weighted by Crippen LogP contribution is -2.56. The van der Waals surface area contributed by atoms with Crippen LogP contribution in [0.1, 0.15) is 11.8 Å². The van der Waals surface area contributed by atoms with Crippen molar-refractivity contribution in [1.82, 2.24) is 0 Å². The van der Waals surface area contributed by atoms with Gasteiger partial charge in [-0.2, -0.15) is 0 Å². The molecule has 2 aromatic rings. The van der Waals surface area contributed by atoms with Gasteiger partial charge in [-0.05, 0) is 24.3 Å². The van der Waals surface area contributed by atoms with Crippen LogP contribution in [0.15, 0.2) is 53.1 Å². The molecule has 2 atom stereocenters. The third-order valence-electron chi connectivity index (χ3n) is 3.28. The van der Waals surface area contributed by atoms with Gasteiger partial charge >= 0.3 is 0 Å². The molecule has 1 saturated heterocycles. The summed E-state index contributed by atoms with van der Waals surface area (Å²) in [6, 6.07) is 12.8. The molecule has 1 fully saturated rings. The van der Waals surface area contributed by atoms with Crippen LogP contribution in [0.5, 0.6) is 0 Å². The van der Waals surface area contributed by atoms with E-state index in [1.54, 1.807) is 17.2 Å². The molecule has 1 aromatic heterocycles. The number of β-lactam (4-membered cyclic amide) rings is 1. The molecular weight excluding hydrogens is 230 g/mol. The maximum absolute atomic E-state index is 12.0. The van der Waals surface area contributed by atoms with Crippen molar-refractivity contribution in [2.75, 3.05) is 11.5 Å². The lowest BCUT2D eigenvalue weighted by molar-refractivity contribution is -0.132. The van der Waals surface area contributed by atoms with Crippen LogP contribution in [0.4, 0.5) is 5.69 Å². The van der Waals surface area contributed by atoms with Crippen molar-refractivity contribution < 1.29 is 14.3 Å². The summed E-state index contributed by atoms with van der Waals surface area (Å²) in [5.41, 5.74) is 0.827. The second-order valence-electron chi connectivity index (χ2n) is 4.29. The Bertz CT molecular complexity index is 535. The van der Waals surface area contributed by atoms with Crippen molar-refractivity contribution in [1.29, 1.82) is 0 Å². The van der Waals surface area contributed by atoms with Gasteiger partial charge in [-0.1, -0.05) is 18.2 Å². The van der Waals surface area contributed by atoms with Crippen LogP contribution in [-0.2, 0) is 4.79 Å². The molecule has 0 spiro atoms. The number of benzene rings is 1. The predicted molar refractivity (Wildman–Crippen MR) is 66.0 cm³/mol. The maximum Gasteiger partial charge on any atom is 0.235 e. The standard InChI is InChI=1S/C14H13NO3/c16-9-11-13(12-7-4-8-18-12)15(14(11)17)10-5-2-1-3-6-10/h1-8,11,13,16H,9H2/t11-,13+/m0/s1. The number of anilines is 1. The van der Waals surface area contributed by atoms with Gasteiger partial charge in [0.25, 0.3) is 0 Å². The molecule has 1 aliphatic rings. The van der Waals surface area contributed by atoms with Crippen LogP contribution in [-0.4, -0.2) is 17.6 Å². The molecule has 1 aromatic carbocycles. The second-order valence-corrected chi connectivity index (χ2v) is 4.29. The van der Waals surface area contributed by atoms with E-state index in [4.69, 9.17) is 4.42 Å². The van der Waals surface area contributed by atoms with E-state index < -0.39 is 5.92 Å². The van der Waals surface area contributed by atoms with E-state index in [2.05, 4.69) is 0 Å². The summed E-state index contributed by atoms with van der Waals surface area (Å²) in [4.78, 5) is 13.7. The first-order chi connectivity index (χ1) is 8.83. The molecule has 18 heavy (non-hydrogen) atoms.